The van der Waals surface area contributed by atoms with E-state index in [-0.39, 0.29) is 17.6 Å². The highest BCUT2D eigenvalue weighted by molar-refractivity contribution is 6.01. The third-order valence-corrected chi connectivity index (χ3v) is 5.76. The molecule has 0 spiro atoms. The van der Waals surface area contributed by atoms with Crippen LogP contribution in [0.3, 0.4) is 0 Å². The van der Waals surface area contributed by atoms with Gasteiger partial charge in [-0.2, -0.15) is 0 Å². The maximum absolute atomic E-state index is 13.1. The van der Waals surface area contributed by atoms with Gasteiger partial charge in [0.1, 0.15) is 0 Å². The van der Waals surface area contributed by atoms with Crippen molar-refractivity contribution in [1.82, 2.24) is 14.8 Å². The Balaban J connectivity index is 1.38. The monoisotopic (exact) mass is 401 g/mol. The lowest BCUT2D eigenvalue weighted by Gasteiger charge is -2.33. The van der Waals surface area contributed by atoms with E-state index in [2.05, 4.69) is 4.98 Å². The fourth-order valence-electron chi connectivity index (χ4n) is 4.19. The molecule has 5 nitrogen and oxygen atoms in total. The van der Waals surface area contributed by atoms with Crippen LogP contribution in [0.1, 0.15) is 28.8 Å². The Morgan fingerprint density at radius 3 is 2.73 bits per heavy atom. The van der Waals surface area contributed by atoms with Gasteiger partial charge in [0, 0.05) is 43.5 Å². The Hall–Kier alpha value is -3.05. The van der Waals surface area contributed by atoms with Crippen molar-refractivity contribution in [1.29, 1.82) is 0 Å². The second-order valence-electron chi connectivity index (χ2n) is 8.14. The molecule has 0 N–H and O–H groups in total. The maximum Gasteiger partial charge on any atom is 0.236 e. The lowest BCUT2D eigenvalue weighted by atomic mass is 9.89. The SMILES string of the molecule is CN(CC(=O)N1CCCC(C(=O)c2ccc3ccccc3c2)C1)Cc1cccnc1. The molecule has 1 saturated heterocycles. The molecule has 0 radical (unpaired) electrons. The molecule has 0 bridgehead atoms. The lowest BCUT2D eigenvalue weighted by Crippen LogP contribution is -2.45. The van der Waals surface area contributed by atoms with Crippen LogP contribution in [0.15, 0.2) is 67.0 Å². The zero-order valence-electron chi connectivity index (χ0n) is 17.3. The van der Waals surface area contributed by atoms with Gasteiger partial charge in [-0.15, -0.1) is 0 Å². The predicted molar refractivity (Wildman–Crippen MR) is 118 cm³/mol. The number of carbonyl (C=O) groups is 2. The van der Waals surface area contributed by atoms with Gasteiger partial charge in [-0.1, -0.05) is 42.5 Å². The zero-order chi connectivity index (χ0) is 20.9. The van der Waals surface area contributed by atoms with E-state index in [0.29, 0.717) is 19.6 Å². The van der Waals surface area contributed by atoms with E-state index in [0.717, 1.165) is 41.3 Å². The van der Waals surface area contributed by atoms with E-state index in [9.17, 15) is 9.59 Å². The average Bonchev–Trinajstić information content (AvgIpc) is 2.79. The Labute approximate surface area is 177 Å². The fourth-order valence-corrected chi connectivity index (χ4v) is 4.19. The van der Waals surface area contributed by atoms with Crippen molar-refractivity contribution < 1.29 is 9.59 Å². The number of hydrogen-bond acceptors (Lipinski definition) is 4. The Morgan fingerprint density at radius 1 is 1.10 bits per heavy atom. The van der Waals surface area contributed by atoms with Crippen molar-refractivity contribution in [3.05, 3.63) is 78.1 Å². The van der Waals surface area contributed by atoms with E-state index in [1.54, 1.807) is 6.20 Å². The summed E-state index contributed by atoms with van der Waals surface area (Å²) in [5, 5.41) is 2.20. The number of piperidine rings is 1. The summed E-state index contributed by atoms with van der Waals surface area (Å²) in [5.74, 6) is 0.0897. The topological polar surface area (TPSA) is 53.5 Å². The number of amides is 1. The van der Waals surface area contributed by atoms with Crippen molar-refractivity contribution in [3.8, 4) is 0 Å². The van der Waals surface area contributed by atoms with E-state index in [1.807, 2.05) is 77.6 Å². The van der Waals surface area contributed by atoms with Gasteiger partial charge in [-0.05, 0) is 48.4 Å². The average molecular weight is 402 g/mol. The van der Waals surface area contributed by atoms with Crippen LogP contribution in [0, 0.1) is 5.92 Å². The molecule has 154 valence electrons. The van der Waals surface area contributed by atoms with Crippen LogP contribution in [-0.4, -0.2) is 53.2 Å². The number of likely N-dealkylation sites (tertiary alicyclic amines) is 1. The second-order valence-corrected chi connectivity index (χ2v) is 8.14. The molecule has 1 unspecified atom stereocenters. The highest BCUT2D eigenvalue weighted by Gasteiger charge is 2.29. The molecular weight excluding hydrogens is 374 g/mol. The molecule has 5 heteroatoms. The number of hydrogen-bond donors (Lipinski definition) is 0. The van der Waals surface area contributed by atoms with Gasteiger partial charge in [-0.25, -0.2) is 0 Å². The second kappa shape index (κ2) is 9.18. The van der Waals surface area contributed by atoms with Crippen LogP contribution in [0.2, 0.25) is 0 Å². The molecule has 1 amide bonds. The van der Waals surface area contributed by atoms with E-state index in [4.69, 9.17) is 0 Å². The quantitative estimate of drug-likeness (QED) is 0.590. The van der Waals surface area contributed by atoms with Crippen molar-refractivity contribution in [3.63, 3.8) is 0 Å². The maximum atomic E-state index is 13.1. The number of pyridine rings is 1. The van der Waals surface area contributed by atoms with Crippen LogP contribution in [0.25, 0.3) is 10.8 Å². The minimum Gasteiger partial charge on any atom is -0.341 e. The summed E-state index contributed by atoms with van der Waals surface area (Å²) in [6, 6.07) is 17.9. The molecule has 0 saturated carbocycles. The highest BCUT2D eigenvalue weighted by atomic mass is 16.2. The molecule has 0 aliphatic carbocycles. The Morgan fingerprint density at radius 2 is 1.93 bits per heavy atom. The number of aromatic nitrogens is 1. The van der Waals surface area contributed by atoms with Gasteiger partial charge in [0.15, 0.2) is 5.78 Å². The minimum atomic E-state index is -0.132. The van der Waals surface area contributed by atoms with Gasteiger partial charge < -0.3 is 4.90 Å². The summed E-state index contributed by atoms with van der Waals surface area (Å²) in [7, 11) is 1.94. The lowest BCUT2D eigenvalue weighted by molar-refractivity contribution is -0.133. The number of carbonyl (C=O) groups excluding carboxylic acids is 2. The number of benzene rings is 2. The number of rotatable bonds is 6. The van der Waals surface area contributed by atoms with Crippen LogP contribution >= 0.6 is 0 Å². The first-order valence-electron chi connectivity index (χ1n) is 10.5. The van der Waals surface area contributed by atoms with Crippen molar-refractivity contribution >= 4 is 22.5 Å². The smallest absolute Gasteiger partial charge is 0.236 e. The number of likely N-dealkylation sites (N-methyl/N-ethyl adjacent to an activating group) is 1. The molecule has 3 aromatic rings. The highest BCUT2D eigenvalue weighted by Crippen LogP contribution is 2.24. The number of Topliss-reactive ketones (excluding diaryl/α,β-unsaturated/α-hetero) is 1. The molecule has 1 aliphatic rings. The number of nitrogens with zero attached hydrogens (tertiary/aromatic N) is 3. The third kappa shape index (κ3) is 4.74. The van der Waals surface area contributed by atoms with E-state index < -0.39 is 0 Å². The summed E-state index contributed by atoms with van der Waals surface area (Å²) < 4.78 is 0. The molecule has 1 aromatic heterocycles. The van der Waals surface area contributed by atoms with Gasteiger partial charge in [0.25, 0.3) is 0 Å². The summed E-state index contributed by atoms with van der Waals surface area (Å²) in [6.07, 6.45) is 5.26. The normalized spacial score (nSPS) is 16.7. The fraction of sp³-hybridized carbons (Fsp3) is 0.320. The number of fused-ring (bicyclic) bond motifs is 1. The Bertz CT molecular complexity index is 1030. The molecule has 1 aliphatic heterocycles. The minimum absolute atomic E-state index is 0.0809. The molecule has 30 heavy (non-hydrogen) atoms. The molecule has 2 aromatic carbocycles. The van der Waals surface area contributed by atoms with Gasteiger partial charge in [0.2, 0.25) is 5.91 Å². The molecule has 2 heterocycles. The van der Waals surface area contributed by atoms with Gasteiger partial charge in [-0.3, -0.25) is 19.5 Å². The standard InChI is InChI=1S/C25H27N3O2/c1-27(16-19-6-4-12-26-15-19)18-24(29)28-13-5-9-23(17-28)25(30)22-11-10-20-7-2-3-8-21(20)14-22/h2-4,6-8,10-12,14-15,23H,5,9,13,16-18H2,1H3. The third-order valence-electron chi connectivity index (χ3n) is 5.76. The van der Waals surface area contributed by atoms with E-state index in [1.165, 1.54) is 0 Å². The van der Waals surface area contributed by atoms with Crippen molar-refractivity contribution in [2.75, 3.05) is 26.7 Å². The first kappa shape index (κ1) is 20.2. The first-order chi connectivity index (χ1) is 14.6. The van der Waals surface area contributed by atoms with Crippen LogP contribution in [0.4, 0.5) is 0 Å². The first-order valence-corrected chi connectivity index (χ1v) is 10.5. The summed E-state index contributed by atoms with van der Waals surface area (Å²) in [5.41, 5.74) is 1.82. The van der Waals surface area contributed by atoms with Crippen molar-refractivity contribution in [2.24, 2.45) is 5.92 Å². The van der Waals surface area contributed by atoms with E-state index >= 15 is 0 Å². The summed E-state index contributed by atoms with van der Waals surface area (Å²) >= 11 is 0. The van der Waals surface area contributed by atoms with Gasteiger partial charge >= 0.3 is 0 Å². The molecule has 1 atom stereocenters. The van der Waals surface area contributed by atoms with Crippen LogP contribution < -0.4 is 0 Å². The predicted octanol–water partition coefficient (Wildman–Crippen LogP) is 3.79. The summed E-state index contributed by atoms with van der Waals surface area (Å²) in [6.45, 7) is 2.24. The molecule has 4 rings (SSSR count). The zero-order valence-corrected chi connectivity index (χ0v) is 17.3. The molecular formula is C25H27N3O2. The summed E-state index contributed by atoms with van der Waals surface area (Å²) in [4.78, 5) is 33.9. The largest absolute Gasteiger partial charge is 0.341 e. The number of ketones is 1. The van der Waals surface area contributed by atoms with Gasteiger partial charge in [0.05, 0.1) is 6.54 Å². The molecule has 1 fully saturated rings. The van der Waals surface area contributed by atoms with Crippen molar-refractivity contribution in [2.45, 2.75) is 19.4 Å². The Kier molecular flexibility index (Phi) is 6.19. The van der Waals surface area contributed by atoms with Crippen LogP contribution in [0.5, 0.6) is 0 Å². The van der Waals surface area contributed by atoms with Crippen LogP contribution in [-0.2, 0) is 11.3 Å².